The van der Waals surface area contributed by atoms with Gasteiger partial charge < -0.3 is 10.0 Å². The summed E-state index contributed by atoms with van der Waals surface area (Å²) in [6.45, 7) is 0.777. The first-order chi connectivity index (χ1) is 10.2. The highest BCUT2D eigenvalue weighted by molar-refractivity contribution is 6.99. The van der Waals surface area contributed by atoms with Crippen molar-refractivity contribution in [2.24, 2.45) is 0 Å². The van der Waals surface area contributed by atoms with Gasteiger partial charge in [-0.1, -0.05) is 12.1 Å². The molecular weight excluding hydrogens is 286 g/mol. The van der Waals surface area contributed by atoms with Crippen molar-refractivity contribution in [2.75, 3.05) is 6.54 Å². The van der Waals surface area contributed by atoms with Gasteiger partial charge in [0.15, 0.2) is 5.69 Å². The number of likely N-dealkylation sites (tertiary alicyclic amines) is 1. The highest BCUT2D eigenvalue weighted by Gasteiger charge is 2.28. The second-order valence-corrected chi connectivity index (χ2v) is 5.87. The van der Waals surface area contributed by atoms with Gasteiger partial charge in [0.05, 0.1) is 17.9 Å². The number of carbonyl (C=O) groups is 1. The molecule has 110 valence electrons. The van der Waals surface area contributed by atoms with E-state index in [0.717, 1.165) is 49.5 Å². The van der Waals surface area contributed by atoms with Crippen LogP contribution in [-0.4, -0.2) is 37.2 Å². The largest absolute Gasteiger partial charge is 0.508 e. The molecule has 1 fully saturated rings. The Balaban J connectivity index is 1.75. The molecule has 1 aliphatic rings. The van der Waals surface area contributed by atoms with Gasteiger partial charge in [-0.15, -0.1) is 0 Å². The summed E-state index contributed by atoms with van der Waals surface area (Å²) in [5.41, 5.74) is 1.58. The van der Waals surface area contributed by atoms with Crippen LogP contribution < -0.4 is 0 Å². The fraction of sp³-hybridized carbons (Fsp3) is 0.400. The summed E-state index contributed by atoms with van der Waals surface area (Å²) in [7, 11) is 0. The minimum atomic E-state index is -0.0211. The second kappa shape index (κ2) is 6.22. The minimum Gasteiger partial charge on any atom is -0.508 e. The summed E-state index contributed by atoms with van der Waals surface area (Å²) >= 11 is 1.06. The Hall–Kier alpha value is -1.95. The fourth-order valence-corrected chi connectivity index (χ4v) is 3.20. The summed E-state index contributed by atoms with van der Waals surface area (Å²) in [6, 6.07) is 7.40. The van der Waals surface area contributed by atoms with Gasteiger partial charge in [-0.3, -0.25) is 4.79 Å². The van der Waals surface area contributed by atoms with E-state index in [4.69, 9.17) is 0 Å². The Morgan fingerprint density at radius 1 is 1.33 bits per heavy atom. The second-order valence-electron chi connectivity index (χ2n) is 5.31. The molecule has 1 aromatic heterocycles. The third-order valence-corrected chi connectivity index (χ3v) is 4.35. The standard InChI is InChI=1S/C15H17N3O2S/c19-13-6-4-11(5-7-13)9-12-3-1-2-8-18(12)15(20)14-10-16-21-17-14/h4-7,10,12,19H,1-3,8-9H2/t12-/m1/s1. The molecule has 1 N–H and O–H groups in total. The molecule has 6 heteroatoms. The monoisotopic (exact) mass is 303 g/mol. The molecule has 0 spiro atoms. The molecule has 1 atom stereocenters. The summed E-state index contributed by atoms with van der Waals surface area (Å²) in [5, 5.41) is 9.35. The smallest absolute Gasteiger partial charge is 0.275 e. The molecule has 0 unspecified atom stereocenters. The Kier molecular flexibility index (Phi) is 4.15. The molecule has 21 heavy (non-hydrogen) atoms. The van der Waals surface area contributed by atoms with Gasteiger partial charge in [0.25, 0.3) is 5.91 Å². The van der Waals surface area contributed by atoms with Crippen LogP contribution in [0.25, 0.3) is 0 Å². The highest BCUT2D eigenvalue weighted by Crippen LogP contribution is 2.23. The number of amides is 1. The zero-order valence-corrected chi connectivity index (χ0v) is 12.4. The van der Waals surface area contributed by atoms with E-state index in [-0.39, 0.29) is 17.7 Å². The van der Waals surface area contributed by atoms with Crippen LogP contribution in [-0.2, 0) is 6.42 Å². The zero-order valence-electron chi connectivity index (χ0n) is 11.6. The van der Waals surface area contributed by atoms with Crippen LogP contribution in [0.2, 0.25) is 0 Å². The number of benzene rings is 1. The zero-order chi connectivity index (χ0) is 14.7. The lowest BCUT2D eigenvalue weighted by Crippen LogP contribution is -2.45. The lowest BCUT2D eigenvalue weighted by Gasteiger charge is -2.35. The summed E-state index contributed by atoms with van der Waals surface area (Å²) < 4.78 is 7.96. The number of phenolic OH excluding ortho intramolecular Hbond substituents is 1. The molecule has 1 aliphatic heterocycles. The molecule has 3 rings (SSSR count). The van der Waals surface area contributed by atoms with Crippen molar-refractivity contribution in [3.8, 4) is 5.75 Å². The van der Waals surface area contributed by atoms with E-state index >= 15 is 0 Å². The lowest BCUT2D eigenvalue weighted by molar-refractivity contribution is 0.0608. The van der Waals surface area contributed by atoms with Gasteiger partial charge in [0, 0.05) is 12.6 Å². The summed E-state index contributed by atoms with van der Waals surface area (Å²) in [6.07, 6.45) is 5.53. The molecule has 1 saturated heterocycles. The van der Waals surface area contributed by atoms with Crippen LogP contribution in [0, 0.1) is 0 Å². The molecule has 1 aromatic carbocycles. The topological polar surface area (TPSA) is 66.3 Å². The van der Waals surface area contributed by atoms with Crippen molar-refractivity contribution in [1.82, 2.24) is 13.6 Å². The van der Waals surface area contributed by atoms with E-state index in [0.29, 0.717) is 5.69 Å². The van der Waals surface area contributed by atoms with Crippen LogP contribution in [0.5, 0.6) is 5.75 Å². The normalized spacial score (nSPS) is 18.7. The summed E-state index contributed by atoms with van der Waals surface area (Å²) in [5.74, 6) is 0.246. The average Bonchev–Trinajstić information content (AvgIpc) is 3.04. The van der Waals surface area contributed by atoms with Crippen molar-refractivity contribution in [1.29, 1.82) is 0 Å². The van der Waals surface area contributed by atoms with E-state index in [2.05, 4.69) is 8.75 Å². The van der Waals surface area contributed by atoms with E-state index in [1.165, 1.54) is 0 Å². The number of phenols is 1. The third kappa shape index (κ3) is 3.21. The van der Waals surface area contributed by atoms with Gasteiger partial charge in [-0.25, -0.2) is 0 Å². The number of carbonyl (C=O) groups excluding carboxylic acids is 1. The predicted molar refractivity (Wildman–Crippen MR) is 80.4 cm³/mol. The van der Waals surface area contributed by atoms with E-state index in [9.17, 15) is 9.90 Å². The van der Waals surface area contributed by atoms with Crippen LogP contribution >= 0.6 is 11.7 Å². The van der Waals surface area contributed by atoms with E-state index in [1.807, 2.05) is 17.0 Å². The molecule has 0 radical (unpaired) electrons. The third-order valence-electron chi connectivity index (χ3n) is 3.88. The number of hydrogen-bond acceptors (Lipinski definition) is 5. The van der Waals surface area contributed by atoms with E-state index in [1.54, 1.807) is 18.3 Å². The molecule has 1 amide bonds. The number of rotatable bonds is 3. The van der Waals surface area contributed by atoms with Crippen LogP contribution in [0.1, 0.15) is 35.3 Å². The Bertz CT molecular complexity index is 598. The first-order valence-electron chi connectivity index (χ1n) is 7.10. The SMILES string of the molecule is O=C(c1cnsn1)N1CCCC[C@@H]1Cc1ccc(O)cc1. The molecule has 0 bridgehead atoms. The van der Waals surface area contributed by atoms with Crippen molar-refractivity contribution >= 4 is 17.6 Å². The molecule has 5 nitrogen and oxygen atoms in total. The Labute approximate surface area is 127 Å². The van der Waals surface area contributed by atoms with Gasteiger partial charge in [0.1, 0.15) is 5.75 Å². The van der Waals surface area contributed by atoms with Crippen molar-refractivity contribution in [3.63, 3.8) is 0 Å². The van der Waals surface area contributed by atoms with Gasteiger partial charge in [-0.2, -0.15) is 8.75 Å². The fourth-order valence-electron chi connectivity index (χ4n) is 2.79. The predicted octanol–water partition coefficient (Wildman–Crippen LogP) is 2.48. The number of piperidine rings is 1. The first-order valence-corrected chi connectivity index (χ1v) is 7.83. The quantitative estimate of drug-likeness (QED) is 0.946. The molecule has 0 aliphatic carbocycles. The maximum absolute atomic E-state index is 12.5. The maximum atomic E-state index is 12.5. The summed E-state index contributed by atoms with van der Waals surface area (Å²) in [4.78, 5) is 14.4. The average molecular weight is 303 g/mol. The van der Waals surface area contributed by atoms with Gasteiger partial charge in [-0.05, 0) is 43.4 Å². The highest BCUT2D eigenvalue weighted by atomic mass is 32.1. The Morgan fingerprint density at radius 3 is 2.86 bits per heavy atom. The van der Waals surface area contributed by atoms with Crippen molar-refractivity contribution < 1.29 is 9.90 Å². The van der Waals surface area contributed by atoms with Crippen molar-refractivity contribution in [3.05, 3.63) is 41.7 Å². The number of nitrogens with zero attached hydrogens (tertiary/aromatic N) is 3. The molecule has 0 saturated carbocycles. The van der Waals surface area contributed by atoms with Gasteiger partial charge >= 0.3 is 0 Å². The number of aromatic hydroxyl groups is 1. The van der Waals surface area contributed by atoms with Gasteiger partial charge in [0.2, 0.25) is 0 Å². The number of hydrogen-bond donors (Lipinski definition) is 1. The molecule has 2 aromatic rings. The first kappa shape index (κ1) is 14.0. The minimum absolute atomic E-state index is 0.0211. The van der Waals surface area contributed by atoms with Crippen LogP contribution in [0.3, 0.4) is 0 Å². The van der Waals surface area contributed by atoms with E-state index < -0.39 is 0 Å². The number of aromatic nitrogens is 2. The van der Waals surface area contributed by atoms with Crippen LogP contribution in [0.4, 0.5) is 0 Å². The molecular formula is C15H17N3O2S. The lowest BCUT2D eigenvalue weighted by atomic mass is 9.95. The van der Waals surface area contributed by atoms with Crippen LogP contribution in [0.15, 0.2) is 30.5 Å². The Morgan fingerprint density at radius 2 is 2.14 bits per heavy atom. The maximum Gasteiger partial charge on any atom is 0.275 e. The molecule has 2 heterocycles. The van der Waals surface area contributed by atoms with Crippen molar-refractivity contribution in [2.45, 2.75) is 31.7 Å².